The van der Waals surface area contributed by atoms with Gasteiger partial charge in [0.15, 0.2) is 5.13 Å². The number of ether oxygens (including phenoxy) is 1. The van der Waals surface area contributed by atoms with Gasteiger partial charge in [0.1, 0.15) is 5.01 Å². The van der Waals surface area contributed by atoms with Crippen LogP contribution in [0, 0.1) is 17.8 Å². The molecule has 1 aliphatic carbocycles. The normalized spacial score (nSPS) is 21.1. The predicted molar refractivity (Wildman–Crippen MR) is 136 cm³/mol. The Kier molecular flexibility index (Phi) is 8.08. The van der Waals surface area contributed by atoms with Crippen molar-refractivity contribution in [1.82, 2.24) is 15.0 Å². The monoisotopic (exact) mass is 539 g/mol. The maximum atomic E-state index is 13.2. The second kappa shape index (κ2) is 10.9. The number of hydrogen-bond donors (Lipinski definition) is 1. The summed E-state index contributed by atoms with van der Waals surface area (Å²) in [5, 5.41) is 1.25. The molecule has 0 saturated carbocycles. The third-order valence-corrected chi connectivity index (χ3v) is 8.52. The van der Waals surface area contributed by atoms with Crippen molar-refractivity contribution in [3.8, 4) is 9.88 Å². The minimum absolute atomic E-state index is 0.0744. The Labute approximate surface area is 215 Å². The maximum absolute atomic E-state index is 13.2. The Morgan fingerprint density at radius 2 is 2.08 bits per heavy atom. The number of nitrogens with two attached hydrogens (primary N) is 1. The quantitative estimate of drug-likeness (QED) is 0.384. The van der Waals surface area contributed by atoms with Crippen molar-refractivity contribution in [2.45, 2.75) is 45.5 Å². The summed E-state index contributed by atoms with van der Waals surface area (Å²) in [6, 6.07) is 1.41. The van der Waals surface area contributed by atoms with Crippen molar-refractivity contribution in [3.63, 3.8) is 0 Å². The van der Waals surface area contributed by atoms with Crippen LogP contribution in [-0.4, -0.2) is 46.7 Å². The first-order chi connectivity index (χ1) is 17.1. The van der Waals surface area contributed by atoms with Crippen LogP contribution >= 0.6 is 22.7 Å². The van der Waals surface area contributed by atoms with E-state index in [1.54, 1.807) is 32.5 Å². The zero-order chi connectivity index (χ0) is 26.0. The number of fused-ring (bicyclic) bond motifs is 1. The Morgan fingerprint density at radius 1 is 1.31 bits per heavy atom. The molecule has 1 amide bonds. The van der Waals surface area contributed by atoms with Crippen molar-refractivity contribution >= 4 is 43.9 Å². The third kappa shape index (κ3) is 5.93. The number of pyridine rings is 1. The summed E-state index contributed by atoms with van der Waals surface area (Å²) in [6.07, 6.45) is 2.96. The van der Waals surface area contributed by atoms with Gasteiger partial charge in [-0.3, -0.25) is 14.7 Å². The van der Waals surface area contributed by atoms with Crippen molar-refractivity contribution in [1.29, 1.82) is 0 Å². The fourth-order valence-electron chi connectivity index (χ4n) is 4.55. The number of rotatable bonds is 8. The van der Waals surface area contributed by atoms with Crippen LogP contribution in [0.5, 0.6) is 0 Å². The third-order valence-electron chi connectivity index (χ3n) is 6.24. The Morgan fingerprint density at radius 3 is 2.72 bits per heavy atom. The molecule has 7 nitrogen and oxygen atoms in total. The number of alkyl halides is 3. The van der Waals surface area contributed by atoms with Gasteiger partial charge in [-0.15, -0.1) is 11.3 Å². The van der Waals surface area contributed by atoms with Gasteiger partial charge in [-0.1, -0.05) is 30.4 Å². The summed E-state index contributed by atoms with van der Waals surface area (Å²) in [5.74, 6) is -2.23. The first-order valence-corrected chi connectivity index (χ1v) is 13.2. The topological polar surface area (TPSA) is 94.2 Å². The van der Waals surface area contributed by atoms with Crippen LogP contribution in [0.4, 0.5) is 18.3 Å². The van der Waals surface area contributed by atoms with Gasteiger partial charge >= 0.3 is 6.18 Å². The van der Waals surface area contributed by atoms with E-state index in [9.17, 15) is 18.0 Å². The fourth-order valence-corrected chi connectivity index (χ4v) is 6.70. The highest BCUT2D eigenvalue weighted by Crippen LogP contribution is 2.41. The van der Waals surface area contributed by atoms with Gasteiger partial charge in [-0.05, 0) is 30.7 Å². The highest BCUT2D eigenvalue weighted by atomic mass is 32.1. The molecular weight excluding hydrogens is 511 g/mol. The molecule has 0 spiro atoms. The van der Waals surface area contributed by atoms with Gasteiger partial charge in [0.25, 0.3) is 0 Å². The lowest BCUT2D eigenvalue weighted by atomic mass is 9.77. The van der Waals surface area contributed by atoms with E-state index in [1.807, 2.05) is 6.07 Å². The molecule has 0 fully saturated rings. The second-order valence-electron chi connectivity index (χ2n) is 9.12. The lowest BCUT2D eigenvalue weighted by Gasteiger charge is -2.32. The predicted octanol–water partition coefficient (Wildman–Crippen LogP) is 5.42. The molecule has 194 valence electrons. The van der Waals surface area contributed by atoms with Crippen LogP contribution in [0.1, 0.15) is 32.4 Å². The number of nitrogens with zero attached hydrogens (tertiary/aromatic N) is 4. The summed E-state index contributed by atoms with van der Waals surface area (Å²) in [4.78, 5) is 28.4. The molecule has 1 aliphatic rings. The summed E-state index contributed by atoms with van der Waals surface area (Å²) in [7, 11) is 1.58. The SMILES string of the molecule is COCc1nc(N(C[C@@H](N)CC2C=CC(C(F)(F)F)C(C)C2)C(C)=O)sc1-c1nc2ccncc2s1. The molecule has 3 heterocycles. The van der Waals surface area contributed by atoms with Gasteiger partial charge in [0, 0.05) is 39.0 Å². The molecule has 12 heteroatoms. The first kappa shape index (κ1) is 26.6. The van der Waals surface area contributed by atoms with Gasteiger partial charge in [-0.2, -0.15) is 13.2 Å². The van der Waals surface area contributed by atoms with Crippen LogP contribution in [0.15, 0.2) is 30.6 Å². The number of thiazole rings is 2. The van der Waals surface area contributed by atoms with Crippen LogP contribution in [0.25, 0.3) is 20.1 Å². The van der Waals surface area contributed by atoms with Gasteiger partial charge < -0.3 is 10.5 Å². The Hall–Kier alpha value is -2.41. The number of allylic oxidation sites excluding steroid dienone is 2. The number of methoxy groups -OCH3 is 1. The average Bonchev–Trinajstić information content (AvgIpc) is 3.40. The van der Waals surface area contributed by atoms with Crippen LogP contribution in [-0.2, 0) is 16.1 Å². The Balaban J connectivity index is 1.52. The number of carbonyl (C=O) groups excluding carboxylic acids is 1. The van der Waals surface area contributed by atoms with E-state index in [-0.39, 0.29) is 25.0 Å². The van der Waals surface area contributed by atoms with Crippen LogP contribution in [0.3, 0.4) is 0 Å². The smallest absolute Gasteiger partial charge is 0.378 e. The highest BCUT2D eigenvalue weighted by Gasteiger charge is 2.43. The maximum Gasteiger partial charge on any atom is 0.395 e. The Bertz CT molecular complexity index is 1210. The zero-order valence-corrected chi connectivity index (χ0v) is 21.8. The minimum atomic E-state index is -4.24. The van der Waals surface area contributed by atoms with Crippen LogP contribution in [0.2, 0.25) is 0 Å². The molecule has 3 aromatic heterocycles. The molecule has 0 radical (unpaired) electrons. The molecule has 36 heavy (non-hydrogen) atoms. The summed E-state index contributed by atoms with van der Waals surface area (Å²) < 4.78 is 45.8. The van der Waals surface area contributed by atoms with Crippen LogP contribution < -0.4 is 10.6 Å². The van der Waals surface area contributed by atoms with E-state index < -0.39 is 24.1 Å². The van der Waals surface area contributed by atoms with Gasteiger partial charge in [0.05, 0.1) is 33.3 Å². The molecular formula is C24H28F3N5O2S2. The molecule has 2 N–H and O–H groups in total. The molecule has 3 aromatic rings. The summed E-state index contributed by atoms with van der Waals surface area (Å²) in [5.41, 5.74) is 7.90. The molecule has 3 unspecified atom stereocenters. The molecule has 0 aliphatic heterocycles. The summed E-state index contributed by atoms with van der Waals surface area (Å²) in [6.45, 7) is 3.53. The van der Waals surface area contributed by atoms with Crippen molar-refractivity contribution < 1.29 is 22.7 Å². The average molecular weight is 540 g/mol. The van der Waals surface area contributed by atoms with Crippen molar-refractivity contribution in [2.75, 3.05) is 18.6 Å². The number of hydrogen-bond acceptors (Lipinski definition) is 8. The number of amides is 1. The molecule has 0 bridgehead atoms. The lowest BCUT2D eigenvalue weighted by molar-refractivity contribution is -0.175. The standard InChI is InChI=1S/C24H28F3N5O2S2/c1-13-8-15(4-5-17(13)24(25,26)27)9-16(28)11-32(14(2)33)23-31-19(12-34-3)21(36-23)22-30-18-6-7-29-10-20(18)35-22/h4-7,10,13,15-17H,8-9,11-12,28H2,1-3H3/t13?,15?,16-,17?/m0/s1. The van der Waals surface area contributed by atoms with Crippen molar-refractivity contribution in [2.24, 2.45) is 23.5 Å². The first-order valence-electron chi connectivity index (χ1n) is 11.5. The molecule has 0 saturated heterocycles. The van der Waals surface area contributed by atoms with Gasteiger partial charge in [-0.25, -0.2) is 9.97 Å². The lowest BCUT2D eigenvalue weighted by Crippen LogP contribution is -2.42. The highest BCUT2D eigenvalue weighted by molar-refractivity contribution is 7.26. The molecule has 4 atom stereocenters. The minimum Gasteiger partial charge on any atom is -0.378 e. The van der Waals surface area contributed by atoms with E-state index in [2.05, 4.69) is 15.0 Å². The van der Waals surface area contributed by atoms with Gasteiger partial charge in [0.2, 0.25) is 5.91 Å². The largest absolute Gasteiger partial charge is 0.395 e. The summed E-state index contributed by atoms with van der Waals surface area (Å²) >= 11 is 2.83. The number of carbonyl (C=O) groups is 1. The second-order valence-corrected chi connectivity index (χ2v) is 11.1. The van der Waals surface area contributed by atoms with E-state index in [0.29, 0.717) is 23.7 Å². The van der Waals surface area contributed by atoms with Crippen molar-refractivity contribution in [3.05, 3.63) is 36.3 Å². The molecule has 4 rings (SSSR count). The van der Waals surface area contributed by atoms with E-state index in [0.717, 1.165) is 20.1 Å². The van der Waals surface area contributed by atoms with E-state index >= 15 is 0 Å². The fraction of sp³-hybridized carbons (Fsp3) is 0.500. The number of anilines is 1. The van der Waals surface area contributed by atoms with E-state index in [1.165, 1.54) is 40.6 Å². The number of halogens is 3. The number of aromatic nitrogens is 3. The molecule has 0 aromatic carbocycles. The zero-order valence-electron chi connectivity index (χ0n) is 20.2. The van der Waals surface area contributed by atoms with E-state index in [4.69, 9.17) is 10.5 Å².